The number of hydrogen-bond acceptors (Lipinski definition) is 5. The second-order valence-corrected chi connectivity index (χ2v) is 15.8. The Morgan fingerprint density at radius 2 is 0.742 bits per heavy atom. The molecule has 0 heterocycles. The highest BCUT2D eigenvalue weighted by Crippen LogP contribution is 2.38. The molecule has 5 aromatic carbocycles. The van der Waals surface area contributed by atoms with Crippen molar-refractivity contribution >= 4 is 0 Å². The fourth-order valence-electron chi connectivity index (χ4n) is 5.58. The average molecular weight is 948 g/mol. The third-order valence-corrected chi connectivity index (χ3v) is 9.58. The summed E-state index contributed by atoms with van der Waals surface area (Å²) in [6, 6.07) is 26.9. The predicted octanol–water partition coefficient (Wildman–Crippen LogP) is 14.4. The topological polar surface area (TPSA) is 130 Å². The fourth-order valence-corrected chi connectivity index (χ4v) is 5.58. The van der Waals surface area contributed by atoms with Gasteiger partial charge in [-0.1, -0.05) is 104 Å². The summed E-state index contributed by atoms with van der Waals surface area (Å²) in [5.41, 5.74) is 30.0. The van der Waals surface area contributed by atoms with E-state index < -0.39 is 53.0 Å². The van der Waals surface area contributed by atoms with Crippen molar-refractivity contribution in [1.29, 1.82) is 0 Å². The second kappa shape index (κ2) is 26.4. The van der Waals surface area contributed by atoms with E-state index in [0.29, 0.717) is 36.1 Å². The average Bonchev–Trinajstić information content (AvgIpc) is 3.22. The van der Waals surface area contributed by atoms with E-state index in [1.807, 2.05) is 26.8 Å². The molecule has 66 heavy (non-hydrogen) atoms. The third kappa shape index (κ3) is 22.0. The van der Waals surface area contributed by atoms with Crippen LogP contribution in [0.1, 0.15) is 145 Å². The number of halogens is 12. The van der Waals surface area contributed by atoms with E-state index >= 15 is 0 Å². The maximum absolute atomic E-state index is 12.6. The summed E-state index contributed by atoms with van der Waals surface area (Å²) >= 11 is 0. The van der Waals surface area contributed by atoms with E-state index in [0.717, 1.165) is 30.7 Å². The van der Waals surface area contributed by atoms with Gasteiger partial charge in [0.15, 0.2) is 0 Å². The normalized spacial score (nSPS) is 13.9. The number of unbranched alkanes of at least 4 members (excludes halogenated alkanes) is 1. The first-order valence-electron chi connectivity index (χ1n) is 20.8. The van der Waals surface area contributed by atoms with E-state index in [-0.39, 0.29) is 35.8 Å². The molecular formula is C49H61F12N5. The molecule has 0 aliphatic carbocycles. The van der Waals surface area contributed by atoms with E-state index in [1.54, 1.807) is 19.9 Å². The van der Waals surface area contributed by atoms with Crippen LogP contribution in [-0.4, -0.2) is 0 Å². The number of alkyl halides is 12. The van der Waals surface area contributed by atoms with Gasteiger partial charge in [0.25, 0.3) is 0 Å². The molecule has 0 saturated carbocycles. The second-order valence-electron chi connectivity index (χ2n) is 15.8. The molecule has 5 nitrogen and oxygen atoms in total. The zero-order valence-electron chi connectivity index (χ0n) is 37.9. The van der Waals surface area contributed by atoms with Crippen LogP contribution in [0.5, 0.6) is 0 Å². The SMILES string of the molecule is CC(N)c1ccc(C(F)(F)F)cc1.CC(N)c1cccc(C(F)(F)F)c1.CCCCC(N)c1cc(C(F)(F)F)cc(C(F)(F)F)c1.Cc1ccc(C(C)N)cc1.Cc1cccc(C(C)N)c1. The van der Waals surface area contributed by atoms with E-state index in [1.165, 1.54) is 40.5 Å². The van der Waals surface area contributed by atoms with Crippen molar-refractivity contribution in [2.24, 2.45) is 28.7 Å². The number of aryl methyl sites for hydroxylation is 2. The monoisotopic (exact) mass is 947 g/mol. The Morgan fingerprint density at radius 3 is 1.09 bits per heavy atom. The molecule has 10 N–H and O–H groups in total. The van der Waals surface area contributed by atoms with Gasteiger partial charge in [-0.15, -0.1) is 0 Å². The molecule has 17 heteroatoms. The van der Waals surface area contributed by atoms with Crippen LogP contribution in [0.3, 0.4) is 0 Å². The highest BCUT2D eigenvalue weighted by Gasteiger charge is 2.37. The Morgan fingerprint density at radius 1 is 0.379 bits per heavy atom. The number of nitrogens with two attached hydrogens (primary N) is 5. The first kappa shape index (κ1) is 59.1. The number of benzene rings is 5. The van der Waals surface area contributed by atoms with Gasteiger partial charge in [-0.2, -0.15) is 52.7 Å². The molecule has 0 amide bonds. The summed E-state index contributed by atoms with van der Waals surface area (Å²) in [5.74, 6) is 0. The van der Waals surface area contributed by atoms with E-state index in [4.69, 9.17) is 28.7 Å². The molecule has 0 saturated heterocycles. The molecule has 5 atom stereocenters. The zero-order chi connectivity index (χ0) is 50.8. The van der Waals surface area contributed by atoms with Crippen molar-refractivity contribution in [3.05, 3.63) is 176 Å². The highest BCUT2D eigenvalue weighted by atomic mass is 19.4. The highest BCUT2D eigenvalue weighted by molar-refractivity contribution is 5.35. The van der Waals surface area contributed by atoms with Crippen LogP contribution in [0.15, 0.2) is 115 Å². The molecule has 0 radical (unpaired) electrons. The fraction of sp³-hybridized carbons (Fsp3) is 0.388. The minimum Gasteiger partial charge on any atom is -0.324 e. The molecule has 5 aromatic rings. The van der Waals surface area contributed by atoms with Crippen LogP contribution in [0.25, 0.3) is 0 Å². The summed E-state index contributed by atoms with van der Waals surface area (Å²) < 4.78 is 149. The van der Waals surface area contributed by atoms with Gasteiger partial charge in [-0.05, 0) is 118 Å². The van der Waals surface area contributed by atoms with Gasteiger partial charge in [-0.3, -0.25) is 0 Å². The molecule has 0 aliphatic rings. The van der Waals surface area contributed by atoms with Gasteiger partial charge in [0.1, 0.15) is 0 Å². The first-order valence-corrected chi connectivity index (χ1v) is 20.8. The smallest absolute Gasteiger partial charge is 0.324 e. The number of rotatable bonds is 8. The minimum atomic E-state index is -4.83. The van der Waals surface area contributed by atoms with Crippen LogP contribution in [0, 0.1) is 13.8 Å². The lowest BCUT2D eigenvalue weighted by atomic mass is 9.97. The predicted molar refractivity (Wildman–Crippen MR) is 239 cm³/mol. The molecule has 0 aliphatic heterocycles. The van der Waals surface area contributed by atoms with Gasteiger partial charge in [0.05, 0.1) is 22.3 Å². The van der Waals surface area contributed by atoms with E-state index in [2.05, 4.69) is 56.3 Å². The molecule has 0 bridgehead atoms. The Kier molecular flexibility index (Phi) is 23.6. The maximum atomic E-state index is 12.6. The summed E-state index contributed by atoms with van der Waals surface area (Å²) in [5, 5.41) is 0. The van der Waals surface area contributed by atoms with Gasteiger partial charge in [0.2, 0.25) is 0 Å². The molecule has 0 spiro atoms. The van der Waals surface area contributed by atoms with Crippen molar-refractivity contribution in [1.82, 2.24) is 0 Å². The van der Waals surface area contributed by atoms with Crippen LogP contribution >= 0.6 is 0 Å². The van der Waals surface area contributed by atoms with Crippen LogP contribution in [0.4, 0.5) is 52.7 Å². The van der Waals surface area contributed by atoms with Crippen LogP contribution in [0.2, 0.25) is 0 Å². The van der Waals surface area contributed by atoms with Crippen LogP contribution in [-0.2, 0) is 24.7 Å². The first-order chi connectivity index (χ1) is 30.3. The van der Waals surface area contributed by atoms with Crippen molar-refractivity contribution in [3.8, 4) is 0 Å². The Balaban J connectivity index is 0.000000423. The van der Waals surface area contributed by atoms with Crippen molar-refractivity contribution in [3.63, 3.8) is 0 Å². The van der Waals surface area contributed by atoms with Crippen molar-refractivity contribution in [2.75, 3.05) is 0 Å². The van der Waals surface area contributed by atoms with Gasteiger partial charge in [-0.25, -0.2) is 0 Å². The molecule has 5 rings (SSSR count). The summed E-state index contributed by atoms with van der Waals surface area (Å²) in [6.07, 6.45) is -16.5. The zero-order valence-corrected chi connectivity index (χ0v) is 37.9. The molecule has 0 aromatic heterocycles. The minimum absolute atomic E-state index is 0.107. The number of hydrogen-bond donors (Lipinski definition) is 5. The maximum Gasteiger partial charge on any atom is 0.416 e. The van der Waals surface area contributed by atoms with E-state index in [9.17, 15) is 52.7 Å². The Labute approximate surface area is 379 Å². The Bertz CT molecular complexity index is 2110. The lowest BCUT2D eigenvalue weighted by Gasteiger charge is -2.17. The Hall–Kier alpha value is -4.94. The van der Waals surface area contributed by atoms with Crippen molar-refractivity contribution in [2.45, 2.75) is 123 Å². The lowest BCUT2D eigenvalue weighted by Crippen LogP contribution is -2.16. The quantitative estimate of drug-likeness (QED) is 0.0989. The van der Waals surface area contributed by atoms with Gasteiger partial charge in [0, 0.05) is 30.2 Å². The molecule has 0 fully saturated rings. The molecule has 5 unspecified atom stereocenters. The summed E-state index contributed by atoms with van der Waals surface area (Å²) in [6.45, 7) is 13.4. The largest absolute Gasteiger partial charge is 0.416 e. The summed E-state index contributed by atoms with van der Waals surface area (Å²) in [4.78, 5) is 0. The van der Waals surface area contributed by atoms with Gasteiger partial charge < -0.3 is 28.7 Å². The lowest BCUT2D eigenvalue weighted by molar-refractivity contribution is -0.143. The summed E-state index contributed by atoms with van der Waals surface area (Å²) in [7, 11) is 0. The van der Waals surface area contributed by atoms with Crippen LogP contribution < -0.4 is 28.7 Å². The third-order valence-electron chi connectivity index (χ3n) is 9.58. The standard InChI is InChI=1S/C13H15F6N.2C9H10F3N.2C9H13N/c1-2-3-4-11(20)8-5-9(12(14,15)16)7-10(6-8)13(17,18)19;1-6(13)7-2-4-8(5-3-7)9(10,11)12;1-6(13)7-3-2-4-8(5-7)9(10,11)12;1-7-3-5-9(6-4-7)8(2)10;1-7-4-3-5-9(6-7)8(2)10/h5-7,11H,2-4,20H2,1H3;2*2-6H,13H2,1H3;2*3-6,8H,10H2,1-2H3. The molecular weight excluding hydrogens is 887 g/mol. The molecule has 366 valence electrons. The van der Waals surface area contributed by atoms with Gasteiger partial charge >= 0.3 is 24.7 Å². The van der Waals surface area contributed by atoms with Crippen molar-refractivity contribution < 1.29 is 52.7 Å².